The van der Waals surface area contributed by atoms with Crippen molar-refractivity contribution in [1.82, 2.24) is 0 Å². The Labute approximate surface area is 80.5 Å². The first-order chi connectivity index (χ1) is 5.72. The molecule has 1 heterocycles. The van der Waals surface area contributed by atoms with Crippen LogP contribution in [0.1, 0.15) is 11.8 Å². The summed E-state index contributed by atoms with van der Waals surface area (Å²) >= 11 is 3.42. The minimum Gasteiger partial charge on any atom is -0.295 e. The van der Waals surface area contributed by atoms with Gasteiger partial charge in [0.15, 0.2) is 5.78 Å². The van der Waals surface area contributed by atoms with Crippen molar-refractivity contribution in [2.45, 2.75) is 11.1 Å². The van der Waals surface area contributed by atoms with Crippen LogP contribution in [0.3, 0.4) is 0 Å². The van der Waals surface area contributed by atoms with Gasteiger partial charge < -0.3 is 0 Å². The molecule has 0 amide bonds. The average Bonchev–Trinajstić information content (AvgIpc) is 2.48. The first-order valence-corrected chi connectivity index (χ1v) is 5.59. The third-order valence-corrected chi connectivity index (χ3v) is 3.42. The van der Waals surface area contributed by atoms with Crippen molar-refractivity contribution >= 4 is 35.0 Å². The lowest BCUT2D eigenvalue weighted by molar-refractivity contribution is -0.112. The number of hydrogen-bond acceptors (Lipinski definition) is 3. The van der Waals surface area contributed by atoms with Gasteiger partial charge in [-0.05, 0) is 37.5 Å². The third-order valence-electron chi connectivity index (χ3n) is 1.29. The minimum absolute atomic E-state index is 0.0918. The number of thiophene rings is 1. The number of ketones is 1. The Hall–Kier alpha value is -0.540. The Kier molecular flexibility index (Phi) is 3.56. The van der Waals surface area contributed by atoms with Crippen LogP contribution in [0.5, 0.6) is 0 Å². The second-order valence-electron chi connectivity index (χ2n) is 2.30. The van der Waals surface area contributed by atoms with Crippen LogP contribution in [0.4, 0.5) is 0 Å². The van der Waals surface area contributed by atoms with E-state index in [0.29, 0.717) is 0 Å². The molecule has 3 heteroatoms. The van der Waals surface area contributed by atoms with Crippen molar-refractivity contribution in [3.8, 4) is 0 Å². The Morgan fingerprint density at radius 3 is 2.83 bits per heavy atom. The SMILES string of the molecule is CSc1ccc(/C=C/C(C)=O)s1. The Morgan fingerprint density at radius 2 is 2.33 bits per heavy atom. The van der Waals surface area contributed by atoms with Crippen LogP contribution >= 0.6 is 23.1 Å². The van der Waals surface area contributed by atoms with Crippen molar-refractivity contribution in [3.63, 3.8) is 0 Å². The number of thioether (sulfide) groups is 1. The second-order valence-corrected chi connectivity index (χ2v) is 4.53. The second kappa shape index (κ2) is 4.48. The van der Waals surface area contributed by atoms with Gasteiger partial charge in [-0.1, -0.05) is 0 Å². The molecule has 0 unspecified atom stereocenters. The van der Waals surface area contributed by atoms with Crippen molar-refractivity contribution in [2.75, 3.05) is 6.26 Å². The Bertz CT molecular complexity index is 299. The lowest BCUT2D eigenvalue weighted by Gasteiger charge is -1.83. The van der Waals surface area contributed by atoms with E-state index in [1.165, 1.54) is 4.21 Å². The van der Waals surface area contributed by atoms with Gasteiger partial charge in [-0.2, -0.15) is 0 Å². The molecule has 12 heavy (non-hydrogen) atoms. The molecule has 64 valence electrons. The summed E-state index contributed by atoms with van der Waals surface area (Å²) in [5.41, 5.74) is 0. The van der Waals surface area contributed by atoms with E-state index in [1.807, 2.05) is 18.4 Å². The van der Waals surface area contributed by atoms with Crippen LogP contribution in [0.15, 0.2) is 22.4 Å². The molecule has 1 nitrogen and oxygen atoms in total. The molecule has 1 rings (SSSR count). The fourth-order valence-electron chi connectivity index (χ4n) is 0.733. The highest BCUT2D eigenvalue weighted by atomic mass is 32.2. The number of rotatable bonds is 3. The highest BCUT2D eigenvalue weighted by Crippen LogP contribution is 2.25. The predicted molar refractivity (Wildman–Crippen MR) is 55.8 cm³/mol. The molecule has 0 aliphatic carbocycles. The Morgan fingerprint density at radius 1 is 1.58 bits per heavy atom. The summed E-state index contributed by atoms with van der Waals surface area (Å²) in [6, 6.07) is 4.09. The summed E-state index contributed by atoms with van der Waals surface area (Å²) in [4.78, 5) is 11.7. The van der Waals surface area contributed by atoms with E-state index in [2.05, 4.69) is 6.07 Å². The monoisotopic (exact) mass is 198 g/mol. The maximum absolute atomic E-state index is 10.6. The molecule has 1 aromatic rings. The van der Waals surface area contributed by atoms with Crippen LogP contribution in [-0.2, 0) is 4.79 Å². The van der Waals surface area contributed by atoms with E-state index >= 15 is 0 Å². The zero-order chi connectivity index (χ0) is 8.97. The van der Waals surface area contributed by atoms with E-state index < -0.39 is 0 Å². The van der Waals surface area contributed by atoms with Gasteiger partial charge >= 0.3 is 0 Å². The van der Waals surface area contributed by atoms with Crippen LogP contribution in [-0.4, -0.2) is 12.0 Å². The molecule has 0 saturated carbocycles. The quantitative estimate of drug-likeness (QED) is 0.548. The first-order valence-electron chi connectivity index (χ1n) is 3.55. The van der Waals surface area contributed by atoms with Crippen LogP contribution in [0, 0.1) is 0 Å². The summed E-state index contributed by atoms with van der Waals surface area (Å²) in [5, 5.41) is 0. The van der Waals surface area contributed by atoms with Crippen LogP contribution < -0.4 is 0 Å². The van der Waals surface area contributed by atoms with Crippen molar-refractivity contribution in [2.24, 2.45) is 0 Å². The van der Waals surface area contributed by atoms with Gasteiger partial charge in [-0.25, -0.2) is 0 Å². The molecule has 0 aliphatic heterocycles. The van der Waals surface area contributed by atoms with Crippen LogP contribution in [0.25, 0.3) is 6.08 Å². The van der Waals surface area contributed by atoms with E-state index in [4.69, 9.17) is 0 Å². The highest BCUT2D eigenvalue weighted by molar-refractivity contribution is 8.00. The molecule has 0 bridgehead atoms. The fourth-order valence-corrected chi connectivity index (χ4v) is 2.20. The van der Waals surface area contributed by atoms with E-state index in [-0.39, 0.29) is 5.78 Å². The van der Waals surface area contributed by atoms with E-state index in [9.17, 15) is 4.79 Å². The zero-order valence-electron chi connectivity index (χ0n) is 7.03. The summed E-state index contributed by atoms with van der Waals surface area (Å²) in [6.45, 7) is 1.56. The highest BCUT2D eigenvalue weighted by Gasteiger charge is 1.94. The third kappa shape index (κ3) is 2.83. The van der Waals surface area contributed by atoms with Gasteiger partial charge in [0.25, 0.3) is 0 Å². The van der Waals surface area contributed by atoms with Gasteiger partial charge in [-0.15, -0.1) is 23.1 Å². The number of hydrogen-bond donors (Lipinski definition) is 0. The summed E-state index contributed by atoms with van der Waals surface area (Å²) in [6.07, 6.45) is 5.49. The average molecular weight is 198 g/mol. The predicted octanol–water partition coefficient (Wildman–Crippen LogP) is 3.07. The van der Waals surface area contributed by atoms with E-state index in [1.54, 1.807) is 36.1 Å². The van der Waals surface area contributed by atoms with Crippen molar-refractivity contribution in [3.05, 3.63) is 23.1 Å². The molecule has 0 saturated heterocycles. The summed E-state index contributed by atoms with van der Waals surface area (Å²) < 4.78 is 1.28. The zero-order valence-corrected chi connectivity index (χ0v) is 8.67. The summed E-state index contributed by atoms with van der Waals surface area (Å²) in [7, 11) is 0. The van der Waals surface area contributed by atoms with E-state index in [0.717, 1.165) is 4.88 Å². The smallest absolute Gasteiger partial charge is 0.152 e. The largest absolute Gasteiger partial charge is 0.295 e. The summed E-state index contributed by atoms with van der Waals surface area (Å²) in [5.74, 6) is 0.0918. The normalized spacial score (nSPS) is 10.8. The van der Waals surface area contributed by atoms with Gasteiger partial charge in [0.2, 0.25) is 0 Å². The lowest BCUT2D eigenvalue weighted by Crippen LogP contribution is -1.77. The molecular weight excluding hydrogens is 188 g/mol. The maximum atomic E-state index is 10.6. The van der Waals surface area contributed by atoms with Gasteiger partial charge in [0.1, 0.15) is 0 Å². The van der Waals surface area contributed by atoms with Crippen molar-refractivity contribution in [1.29, 1.82) is 0 Å². The first kappa shape index (κ1) is 9.55. The molecule has 0 aliphatic rings. The molecule has 0 spiro atoms. The Balaban J connectivity index is 2.70. The molecule has 0 atom stereocenters. The number of carbonyl (C=O) groups excluding carboxylic acids is 1. The van der Waals surface area contributed by atoms with Gasteiger partial charge in [-0.3, -0.25) is 4.79 Å². The molecule has 0 N–H and O–H groups in total. The van der Waals surface area contributed by atoms with Crippen LogP contribution in [0.2, 0.25) is 0 Å². The molecule has 0 aromatic carbocycles. The van der Waals surface area contributed by atoms with Gasteiger partial charge in [0, 0.05) is 4.88 Å². The number of carbonyl (C=O) groups is 1. The standard InChI is InChI=1S/C9H10OS2/c1-7(10)3-4-8-5-6-9(11-2)12-8/h3-6H,1-2H3/b4-3+. The van der Waals surface area contributed by atoms with Gasteiger partial charge in [0.05, 0.1) is 4.21 Å². The molecule has 1 aromatic heterocycles. The maximum Gasteiger partial charge on any atom is 0.152 e. The molecular formula is C9H10OS2. The molecule has 0 radical (unpaired) electrons. The lowest BCUT2D eigenvalue weighted by atomic mass is 10.3. The topological polar surface area (TPSA) is 17.1 Å². The fraction of sp³-hybridized carbons (Fsp3) is 0.222. The van der Waals surface area contributed by atoms with Crippen molar-refractivity contribution < 1.29 is 4.79 Å². The molecule has 0 fully saturated rings. The minimum atomic E-state index is 0.0918. The number of allylic oxidation sites excluding steroid dienone is 1.